The summed E-state index contributed by atoms with van der Waals surface area (Å²) in [6, 6.07) is 0. The monoisotopic (exact) mass is 160 g/mol. The van der Waals surface area contributed by atoms with Crippen molar-refractivity contribution in [3.63, 3.8) is 0 Å². The minimum atomic E-state index is -0.196. The Labute approximate surface area is 69.4 Å². The van der Waals surface area contributed by atoms with Crippen LogP contribution in [0.5, 0.6) is 0 Å². The number of hydrogen-bond donors (Lipinski definition) is 2. The van der Waals surface area contributed by atoms with Crippen LogP contribution in [0.1, 0.15) is 27.2 Å². The molecule has 0 aliphatic rings. The zero-order chi connectivity index (χ0) is 8.69. The topological polar surface area (TPSA) is 35.5 Å². The van der Waals surface area contributed by atoms with Gasteiger partial charge in [0.25, 0.3) is 0 Å². The Hall–Kier alpha value is -0.120. The van der Waals surface area contributed by atoms with E-state index in [-0.39, 0.29) is 6.10 Å². The molecule has 0 spiro atoms. The Bertz CT molecular complexity index is 82.2. The number of nitrogens with zero attached hydrogens (tertiary/aromatic N) is 1. The summed E-state index contributed by atoms with van der Waals surface area (Å²) in [5.74, 6) is 0. The van der Waals surface area contributed by atoms with Gasteiger partial charge in [-0.25, -0.2) is 5.01 Å². The summed E-state index contributed by atoms with van der Waals surface area (Å²) in [7, 11) is 0. The third-order valence-corrected chi connectivity index (χ3v) is 1.66. The number of aliphatic hydroxyl groups is 1. The van der Waals surface area contributed by atoms with E-state index < -0.39 is 0 Å². The van der Waals surface area contributed by atoms with E-state index in [2.05, 4.69) is 24.3 Å². The quantitative estimate of drug-likeness (QED) is 0.559. The molecule has 0 heterocycles. The lowest BCUT2D eigenvalue weighted by molar-refractivity contribution is 0.154. The highest BCUT2D eigenvalue weighted by molar-refractivity contribution is 4.50. The van der Waals surface area contributed by atoms with Crippen LogP contribution in [0.4, 0.5) is 0 Å². The molecule has 1 atom stereocenters. The van der Waals surface area contributed by atoms with Gasteiger partial charge in [-0.15, -0.1) is 0 Å². The molecule has 3 heteroatoms. The molecule has 0 bridgehead atoms. The third kappa shape index (κ3) is 6.28. The van der Waals surface area contributed by atoms with Crippen LogP contribution in [0.3, 0.4) is 0 Å². The number of rotatable bonds is 6. The smallest absolute Gasteiger partial charge is 0.0524 e. The third-order valence-electron chi connectivity index (χ3n) is 1.66. The van der Waals surface area contributed by atoms with E-state index in [4.69, 9.17) is 5.11 Å². The summed E-state index contributed by atoms with van der Waals surface area (Å²) >= 11 is 0. The van der Waals surface area contributed by atoms with Crippen LogP contribution in [0, 0.1) is 0 Å². The summed E-state index contributed by atoms with van der Waals surface area (Å²) in [6.07, 6.45) is 0.620. The normalized spacial score (nSPS) is 13.9. The highest BCUT2D eigenvalue weighted by Gasteiger charge is 1.98. The van der Waals surface area contributed by atoms with Crippen molar-refractivity contribution in [2.24, 2.45) is 0 Å². The van der Waals surface area contributed by atoms with E-state index in [1.54, 1.807) is 0 Å². The number of aliphatic hydroxyl groups excluding tert-OH is 1. The van der Waals surface area contributed by atoms with Gasteiger partial charge in [0.1, 0.15) is 0 Å². The molecule has 0 aliphatic carbocycles. The predicted molar refractivity (Wildman–Crippen MR) is 47.2 cm³/mol. The standard InChI is InChI=1S/C8H20N2O/c1-4-10(5-2)9-7-6-8(3)11/h8-9,11H,4-7H2,1-3H3. The highest BCUT2D eigenvalue weighted by atomic mass is 16.3. The van der Waals surface area contributed by atoms with Gasteiger partial charge in [-0.2, -0.15) is 0 Å². The van der Waals surface area contributed by atoms with Crippen molar-refractivity contribution in [3.8, 4) is 0 Å². The first-order valence-corrected chi connectivity index (χ1v) is 4.37. The molecule has 1 unspecified atom stereocenters. The van der Waals surface area contributed by atoms with Crippen molar-refractivity contribution in [2.45, 2.75) is 33.3 Å². The fourth-order valence-electron chi connectivity index (χ4n) is 0.879. The average Bonchev–Trinajstić information content (AvgIpc) is 1.98. The van der Waals surface area contributed by atoms with E-state index in [1.807, 2.05) is 6.92 Å². The summed E-state index contributed by atoms with van der Waals surface area (Å²) in [6.45, 7) is 8.91. The van der Waals surface area contributed by atoms with E-state index >= 15 is 0 Å². The van der Waals surface area contributed by atoms with Crippen LogP contribution < -0.4 is 5.43 Å². The van der Waals surface area contributed by atoms with Crippen molar-refractivity contribution in [3.05, 3.63) is 0 Å². The Morgan fingerprint density at radius 2 is 1.91 bits per heavy atom. The minimum absolute atomic E-state index is 0.196. The second-order valence-electron chi connectivity index (χ2n) is 2.72. The molecule has 0 aromatic carbocycles. The van der Waals surface area contributed by atoms with Crippen LogP contribution in [-0.4, -0.2) is 35.9 Å². The van der Waals surface area contributed by atoms with Gasteiger partial charge in [0.15, 0.2) is 0 Å². The molecular weight excluding hydrogens is 140 g/mol. The highest BCUT2D eigenvalue weighted by Crippen LogP contribution is 1.87. The van der Waals surface area contributed by atoms with E-state index in [0.717, 1.165) is 26.1 Å². The van der Waals surface area contributed by atoms with Crippen molar-refractivity contribution < 1.29 is 5.11 Å². The zero-order valence-electron chi connectivity index (χ0n) is 7.80. The Kier molecular flexibility index (Phi) is 6.51. The Morgan fingerprint density at radius 3 is 2.27 bits per heavy atom. The maximum absolute atomic E-state index is 8.95. The molecule has 0 saturated heterocycles. The molecule has 0 fully saturated rings. The Balaban J connectivity index is 3.21. The largest absolute Gasteiger partial charge is 0.393 e. The maximum Gasteiger partial charge on any atom is 0.0524 e. The first kappa shape index (κ1) is 10.9. The van der Waals surface area contributed by atoms with Crippen molar-refractivity contribution in [1.29, 1.82) is 0 Å². The molecule has 0 saturated carbocycles. The molecule has 0 aliphatic heterocycles. The van der Waals surface area contributed by atoms with Gasteiger partial charge in [0, 0.05) is 19.6 Å². The van der Waals surface area contributed by atoms with E-state index in [1.165, 1.54) is 0 Å². The van der Waals surface area contributed by atoms with Gasteiger partial charge in [0.05, 0.1) is 6.10 Å². The van der Waals surface area contributed by atoms with Crippen LogP contribution in [0.2, 0.25) is 0 Å². The summed E-state index contributed by atoms with van der Waals surface area (Å²) < 4.78 is 0. The van der Waals surface area contributed by atoms with Gasteiger partial charge in [-0.1, -0.05) is 13.8 Å². The maximum atomic E-state index is 8.95. The second kappa shape index (κ2) is 6.58. The molecule has 0 aromatic rings. The fourth-order valence-corrected chi connectivity index (χ4v) is 0.879. The lowest BCUT2D eigenvalue weighted by Crippen LogP contribution is -2.38. The summed E-state index contributed by atoms with van der Waals surface area (Å²) in [5, 5.41) is 11.1. The summed E-state index contributed by atoms with van der Waals surface area (Å²) in [5.41, 5.74) is 3.22. The lowest BCUT2D eigenvalue weighted by atomic mass is 10.3. The van der Waals surface area contributed by atoms with Crippen LogP contribution in [-0.2, 0) is 0 Å². The average molecular weight is 160 g/mol. The second-order valence-corrected chi connectivity index (χ2v) is 2.72. The molecule has 3 nitrogen and oxygen atoms in total. The molecule has 0 radical (unpaired) electrons. The van der Waals surface area contributed by atoms with Gasteiger partial charge in [-0.3, -0.25) is 5.43 Å². The molecule has 0 rings (SSSR count). The number of hydrogen-bond acceptors (Lipinski definition) is 3. The number of hydrazine groups is 1. The van der Waals surface area contributed by atoms with Crippen LogP contribution in [0.15, 0.2) is 0 Å². The zero-order valence-corrected chi connectivity index (χ0v) is 7.80. The Morgan fingerprint density at radius 1 is 1.36 bits per heavy atom. The fraction of sp³-hybridized carbons (Fsp3) is 1.00. The van der Waals surface area contributed by atoms with Gasteiger partial charge in [0.2, 0.25) is 0 Å². The van der Waals surface area contributed by atoms with Crippen LogP contribution in [0.25, 0.3) is 0 Å². The SMILES string of the molecule is CCN(CC)NCCC(C)O. The molecule has 2 N–H and O–H groups in total. The molecule has 0 aromatic heterocycles. The molecule has 0 amide bonds. The lowest BCUT2D eigenvalue weighted by Gasteiger charge is -2.19. The van der Waals surface area contributed by atoms with Crippen LogP contribution >= 0.6 is 0 Å². The van der Waals surface area contributed by atoms with E-state index in [9.17, 15) is 0 Å². The predicted octanol–water partition coefficient (Wildman–Crippen LogP) is 0.604. The number of nitrogens with one attached hydrogen (secondary N) is 1. The molecule has 68 valence electrons. The van der Waals surface area contributed by atoms with Gasteiger partial charge < -0.3 is 5.11 Å². The van der Waals surface area contributed by atoms with Crippen molar-refractivity contribution in [2.75, 3.05) is 19.6 Å². The van der Waals surface area contributed by atoms with E-state index in [0.29, 0.717) is 0 Å². The first-order valence-electron chi connectivity index (χ1n) is 4.37. The minimum Gasteiger partial charge on any atom is -0.393 e. The van der Waals surface area contributed by atoms with Crippen molar-refractivity contribution in [1.82, 2.24) is 10.4 Å². The van der Waals surface area contributed by atoms with Gasteiger partial charge >= 0.3 is 0 Å². The summed E-state index contributed by atoms with van der Waals surface area (Å²) in [4.78, 5) is 0. The van der Waals surface area contributed by atoms with Gasteiger partial charge in [-0.05, 0) is 13.3 Å². The first-order chi connectivity index (χ1) is 5.20. The molecule has 11 heavy (non-hydrogen) atoms. The molecular formula is C8H20N2O. The van der Waals surface area contributed by atoms with Crippen molar-refractivity contribution >= 4 is 0 Å².